The van der Waals surface area contributed by atoms with E-state index in [4.69, 9.17) is 0 Å². The van der Waals surface area contributed by atoms with Gasteiger partial charge in [-0.2, -0.15) is 0 Å². The first-order valence-electron chi connectivity index (χ1n) is 7.82. The van der Waals surface area contributed by atoms with Crippen molar-refractivity contribution in [2.45, 2.75) is 18.9 Å². The zero-order valence-corrected chi connectivity index (χ0v) is 13.5. The van der Waals surface area contributed by atoms with Crippen molar-refractivity contribution < 1.29 is 4.79 Å². The molecule has 23 heavy (non-hydrogen) atoms. The van der Waals surface area contributed by atoms with Gasteiger partial charge in [0.2, 0.25) is 0 Å². The van der Waals surface area contributed by atoms with Crippen molar-refractivity contribution in [1.29, 1.82) is 0 Å². The highest BCUT2D eigenvalue weighted by molar-refractivity contribution is 7.20. The molecule has 1 aliphatic heterocycles. The Morgan fingerprint density at radius 2 is 2.04 bits per heavy atom. The number of amides is 1. The number of nitrogens with zero attached hydrogens (tertiary/aromatic N) is 2. The number of rotatable bonds is 3. The summed E-state index contributed by atoms with van der Waals surface area (Å²) < 4.78 is 1.14. The van der Waals surface area contributed by atoms with Crippen LogP contribution in [0, 0.1) is 0 Å². The second kappa shape index (κ2) is 6.04. The molecule has 3 aromatic rings. The smallest absolute Gasteiger partial charge is 0.264 e. The number of thiophene rings is 1. The summed E-state index contributed by atoms with van der Waals surface area (Å²) in [5.74, 6) is 0.155. The van der Waals surface area contributed by atoms with Crippen LogP contribution in [0.4, 0.5) is 5.69 Å². The van der Waals surface area contributed by atoms with Crippen LogP contribution < -0.4 is 5.32 Å². The second-order valence-corrected chi connectivity index (χ2v) is 6.90. The maximum Gasteiger partial charge on any atom is 0.264 e. The van der Waals surface area contributed by atoms with E-state index in [2.05, 4.69) is 15.3 Å². The minimum Gasteiger partial charge on any atom is -0.382 e. The van der Waals surface area contributed by atoms with Crippen molar-refractivity contribution in [3.05, 3.63) is 47.7 Å². The molecule has 0 unspecified atom stereocenters. The normalized spacial score (nSPS) is 15.9. The summed E-state index contributed by atoms with van der Waals surface area (Å²) in [6.45, 7) is 1.60. The number of H-pyrrole nitrogens is 1. The lowest BCUT2D eigenvalue weighted by Crippen LogP contribution is -2.42. The standard InChI is InChI=1S/C17H18N4OS/c22-17(16-11-14-15(23-16)3-8-19-14)21-9-4-13(5-10-21)20-12-1-6-18-7-2-12/h1-3,6-8,11,13,19H,4-5,9-10H2,(H,18,20). The molecule has 0 aliphatic carbocycles. The van der Waals surface area contributed by atoms with Gasteiger partial charge in [-0.15, -0.1) is 11.3 Å². The van der Waals surface area contributed by atoms with Gasteiger partial charge in [0.15, 0.2) is 0 Å². The Labute approximate surface area is 138 Å². The lowest BCUT2D eigenvalue weighted by molar-refractivity contribution is 0.0723. The molecule has 6 heteroatoms. The van der Waals surface area contributed by atoms with E-state index in [0.29, 0.717) is 6.04 Å². The molecular formula is C17H18N4OS. The van der Waals surface area contributed by atoms with Gasteiger partial charge < -0.3 is 15.2 Å². The largest absolute Gasteiger partial charge is 0.382 e. The molecule has 1 amide bonds. The van der Waals surface area contributed by atoms with Crippen molar-refractivity contribution in [2.75, 3.05) is 18.4 Å². The number of carbonyl (C=O) groups is 1. The van der Waals surface area contributed by atoms with Crippen molar-refractivity contribution in [3.63, 3.8) is 0 Å². The Morgan fingerprint density at radius 3 is 2.78 bits per heavy atom. The number of fused-ring (bicyclic) bond motifs is 1. The Kier molecular flexibility index (Phi) is 3.75. The number of likely N-dealkylation sites (tertiary alicyclic amines) is 1. The van der Waals surface area contributed by atoms with Gasteiger partial charge >= 0.3 is 0 Å². The highest BCUT2D eigenvalue weighted by atomic mass is 32.1. The highest BCUT2D eigenvalue weighted by Gasteiger charge is 2.24. The number of carbonyl (C=O) groups excluding carboxylic acids is 1. The van der Waals surface area contributed by atoms with Crippen LogP contribution in [0.2, 0.25) is 0 Å². The number of hydrogen-bond donors (Lipinski definition) is 2. The van der Waals surface area contributed by atoms with E-state index < -0.39 is 0 Å². The fourth-order valence-corrected chi connectivity index (χ4v) is 4.01. The van der Waals surface area contributed by atoms with Crippen LogP contribution in [-0.2, 0) is 0 Å². The molecule has 4 rings (SSSR count). The van der Waals surface area contributed by atoms with Crippen LogP contribution in [0.25, 0.3) is 10.2 Å². The van der Waals surface area contributed by atoms with E-state index in [0.717, 1.165) is 46.7 Å². The molecule has 0 atom stereocenters. The van der Waals surface area contributed by atoms with E-state index in [9.17, 15) is 4.79 Å². The summed E-state index contributed by atoms with van der Waals surface area (Å²) in [4.78, 5) is 22.6. The number of aromatic nitrogens is 2. The summed E-state index contributed by atoms with van der Waals surface area (Å²) >= 11 is 1.56. The van der Waals surface area contributed by atoms with Crippen LogP contribution in [0.3, 0.4) is 0 Å². The first-order valence-corrected chi connectivity index (χ1v) is 8.64. The topological polar surface area (TPSA) is 61.0 Å². The quantitative estimate of drug-likeness (QED) is 0.776. The van der Waals surface area contributed by atoms with Crippen LogP contribution in [0.5, 0.6) is 0 Å². The molecule has 0 radical (unpaired) electrons. The monoisotopic (exact) mass is 326 g/mol. The molecule has 0 aromatic carbocycles. The zero-order chi connectivity index (χ0) is 15.6. The molecule has 3 aromatic heterocycles. The van der Waals surface area contributed by atoms with Gasteiger partial charge in [0.1, 0.15) is 0 Å². The Hall–Kier alpha value is -2.34. The SMILES string of the molecule is O=C(c1cc2[nH]ccc2s1)N1CCC(Nc2ccncc2)CC1. The first kappa shape index (κ1) is 14.3. The average Bonchev–Trinajstić information content (AvgIpc) is 3.17. The maximum absolute atomic E-state index is 12.6. The molecular weight excluding hydrogens is 308 g/mol. The molecule has 2 N–H and O–H groups in total. The molecule has 1 aliphatic rings. The number of aromatic amines is 1. The molecule has 5 nitrogen and oxygen atoms in total. The van der Waals surface area contributed by atoms with Crippen molar-refractivity contribution in [3.8, 4) is 0 Å². The predicted octanol–water partition coefficient (Wildman–Crippen LogP) is 3.34. The number of pyridine rings is 1. The van der Waals surface area contributed by atoms with E-state index in [-0.39, 0.29) is 5.91 Å². The molecule has 0 spiro atoms. The summed E-state index contributed by atoms with van der Waals surface area (Å²) in [5, 5.41) is 3.52. The van der Waals surface area contributed by atoms with Gasteiger partial charge in [-0.3, -0.25) is 9.78 Å². The van der Waals surface area contributed by atoms with Gasteiger partial charge in [0.25, 0.3) is 5.91 Å². The van der Waals surface area contributed by atoms with Crippen molar-refractivity contribution in [2.24, 2.45) is 0 Å². The van der Waals surface area contributed by atoms with Gasteiger partial charge in [0, 0.05) is 43.4 Å². The van der Waals surface area contributed by atoms with Gasteiger partial charge in [-0.25, -0.2) is 0 Å². The lowest BCUT2D eigenvalue weighted by atomic mass is 10.0. The first-order chi connectivity index (χ1) is 11.3. The molecule has 1 saturated heterocycles. The van der Waals surface area contributed by atoms with E-state index in [1.165, 1.54) is 0 Å². The van der Waals surface area contributed by atoms with Crippen molar-refractivity contribution in [1.82, 2.24) is 14.9 Å². The highest BCUT2D eigenvalue weighted by Crippen LogP contribution is 2.26. The Balaban J connectivity index is 1.37. The maximum atomic E-state index is 12.6. The van der Waals surface area contributed by atoms with Crippen molar-refractivity contribution >= 4 is 33.1 Å². The summed E-state index contributed by atoms with van der Waals surface area (Å²) in [7, 11) is 0. The van der Waals surface area contributed by atoms with Gasteiger partial charge in [-0.1, -0.05) is 0 Å². The Bertz CT molecular complexity index is 774. The van der Waals surface area contributed by atoms with E-state index in [1.54, 1.807) is 23.7 Å². The number of piperidine rings is 1. The second-order valence-electron chi connectivity index (χ2n) is 5.81. The van der Waals surface area contributed by atoms with Gasteiger partial charge in [0.05, 0.1) is 15.1 Å². The number of nitrogens with one attached hydrogen (secondary N) is 2. The predicted molar refractivity (Wildman–Crippen MR) is 93.0 cm³/mol. The fourth-order valence-electron chi connectivity index (χ4n) is 3.02. The third-order valence-corrected chi connectivity index (χ3v) is 5.37. The van der Waals surface area contributed by atoms with Crippen LogP contribution in [-0.4, -0.2) is 39.9 Å². The molecule has 118 valence electrons. The number of anilines is 1. The lowest BCUT2D eigenvalue weighted by Gasteiger charge is -2.32. The molecule has 4 heterocycles. The summed E-state index contributed by atoms with van der Waals surface area (Å²) in [6, 6.07) is 8.35. The minimum absolute atomic E-state index is 0.155. The van der Waals surface area contributed by atoms with Gasteiger partial charge in [-0.05, 0) is 37.1 Å². The van der Waals surface area contributed by atoms with Crippen LogP contribution in [0.15, 0.2) is 42.9 Å². The summed E-state index contributed by atoms with van der Waals surface area (Å²) in [6.07, 6.45) is 7.43. The third kappa shape index (κ3) is 2.94. The minimum atomic E-state index is 0.155. The average molecular weight is 326 g/mol. The summed E-state index contributed by atoms with van der Waals surface area (Å²) in [5.41, 5.74) is 2.14. The van der Waals surface area contributed by atoms with Crippen LogP contribution >= 0.6 is 11.3 Å². The molecule has 0 bridgehead atoms. The fraction of sp³-hybridized carbons (Fsp3) is 0.294. The number of hydrogen-bond acceptors (Lipinski definition) is 4. The van der Waals surface area contributed by atoms with E-state index >= 15 is 0 Å². The Morgan fingerprint density at radius 1 is 1.26 bits per heavy atom. The molecule has 1 fully saturated rings. The van der Waals surface area contributed by atoms with E-state index in [1.807, 2.05) is 35.4 Å². The zero-order valence-electron chi connectivity index (χ0n) is 12.7. The van der Waals surface area contributed by atoms with Crippen LogP contribution in [0.1, 0.15) is 22.5 Å². The molecule has 0 saturated carbocycles. The third-order valence-electron chi connectivity index (χ3n) is 4.28.